The SMILES string of the molecule is COc1ccc(/C=C(/C(=O)N(C)Cc2csc(CN3CCOCC3)n2)c2ccccc2)cc1. The molecule has 0 radical (unpaired) electrons. The zero-order chi connectivity index (χ0) is 23.0. The number of ether oxygens (including phenoxy) is 2. The number of likely N-dealkylation sites (N-methyl/N-ethyl adjacent to an activating group) is 1. The fraction of sp³-hybridized carbons (Fsp3) is 0.308. The number of carbonyl (C=O) groups is 1. The summed E-state index contributed by atoms with van der Waals surface area (Å²) in [5, 5.41) is 3.12. The monoisotopic (exact) mass is 463 g/mol. The molecule has 172 valence electrons. The predicted molar refractivity (Wildman–Crippen MR) is 132 cm³/mol. The van der Waals surface area contributed by atoms with Crippen molar-refractivity contribution in [2.75, 3.05) is 40.5 Å². The molecule has 4 rings (SSSR count). The predicted octanol–water partition coefficient (Wildman–Crippen LogP) is 4.18. The van der Waals surface area contributed by atoms with Gasteiger partial charge in [-0.1, -0.05) is 42.5 Å². The highest BCUT2D eigenvalue weighted by molar-refractivity contribution is 7.09. The number of hydrogen-bond donors (Lipinski definition) is 0. The Bertz CT molecular complexity index is 1070. The summed E-state index contributed by atoms with van der Waals surface area (Å²) < 4.78 is 10.7. The van der Waals surface area contributed by atoms with E-state index in [1.54, 1.807) is 23.3 Å². The average molecular weight is 464 g/mol. The molecule has 1 fully saturated rings. The van der Waals surface area contributed by atoms with Crippen LogP contribution in [0, 0.1) is 0 Å². The first-order chi connectivity index (χ1) is 16.1. The lowest BCUT2D eigenvalue weighted by molar-refractivity contribution is -0.124. The summed E-state index contributed by atoms with van der Waals surface area (Å²) in [7, 11) is 3.47. The molecule has 3 aromatic rings. The van der Waals surface area contributed by atoms with Gasteiger partial charge in [-0.15, -0.1) is 11.3 Å². The van der Waals surface area contributed by atoms with Crippen LogP contribution < -0.4 is 4.74 Å². The zero-order valence-corrected chi connectivity index (χ0v) is 19.9. The van der Waals surface area contributed by atoms with E-state index < -0.39 is 0 Å². The third-order valence-electron chi connectivity index (χ3n) is 5.55. The van der Waals surface area contributed by atoms with Crippen LogP contribution in [0.3, 0.4) is 0 Å². The van der Waals surface area contributed by atoms with Crippen LogP contribution in [0.5, 0.6) is 5.75 Å². The molecule has 2 aromatic carbocycles. The van der Waals surface area contributed by atoms with Crippen LogP contribution in [0.4, 0.5) is 0 Å². The molecule has 1 aliphatic rings. The minimum absolute atomic E-state index is 0.0419. The molecule has 0 bridgehead atoms. The third kappa shape index (κ3) is 6.28. The third-order valence-corrected chi connectivity index (χ3v) is 6.43. The fourth-order valence-electron chi connectivity index (χ4n) is 3.72. The van der Waals surface area contributed by atoms with E-state index in [0.29, 0.717) is 12.1 Å². The van der Waals surface area contributed by atoms with E-state index in [4.69, 9.17) is 14.5 Å². The first-order valence-corrected chi connectivity index (χ1v) is 11.9. The van der Waals surface area contributed by atoms with Crippen LogP contribution in [0.15, 0.2) is 60.0 Å². The smallest absolute Gasteiger partial charge is 0.254 e. The quantitative estimate of drug-likeness (QED) is 0.371. The van der Waals surface area contributed by atoms with Crippen molar-refractivity contribution in [3.05, 3.63) is 81.8 Å². The van der Waals surface area contributed by atoms with Gasteiger partial charge in [-0.05, 0) is 29.3 Å². The summed E-state index contributed by atoms with van der Waals surface area (Å²) in [5.74, 6) is 0.744. The highest BCUT2D eigenvalue weighted by Gasteiger charge is 2.19. The average Bonchev–Trinajstić information content (AvgIpc) is 3.30. The lowest BCUT2D eigenvalue weighted by Crippen LogP contribution is -2.35. The van der Waals surface area contributed by atoms with Crippen LogP contribution in [-0.2, 0) is 22.6 Å². The number of thiazole rings is 1. The number of hydrogen-bond acceptors (Lipinski definition) is 6. The van der Waals surface area contributed by atoms with Gasteiger partial charge < -0.3 is 14.4 Å². The largest absolute Gasteiger partial charge is 0.497 e. The molecule has 6 nitrogen and oxygen atoms in total. The summed E-state index contributed by atoms with van der Waals surface area (Å²) in [6.45, 7) is 4.72. The number of benzene rings is 2. The van der Waals surface area contributed by atoms with Gasteiger partial charge in [0.2, 0.25) is 0 Å². The van der Waals surface area contributed by atoms with Crippen LogP contribution in [0.2, 0.25) is 0 Å². The van der Waals surface area contributed by atoms with E-state index in [2.05, 4.69) is 10.3 Å². The van der Waals surface area contributed by atoms with Gasteiger partial charge in [0, 0.05) is 31.1 Å². The molecule has 0 atom stereocenters. The Hall–Kier alpha value is -3.00. The maximum Gasteiger partial charge on any atom is 0.254 e. The van der Waals surface area contributed by atoms with Gasteiger partial charge in [0.25, 0.3) is 5.91 Å². The highest BCUT2D eigenvalue weighted by Crippen LogP contribution is 2.23. The number of amides is 1. The standard InChI is InChI=1S/C26H29N3O3S/c1-28(17-22-19-33-25(27-22)18-29-12-14-32-15-13-29)26(30)24(21-6-4-3-5-7-21)16-20-8-10-23(31-2)11-9-20/h3-11,16,19H,12-15,17-18H2,1-2H3/b24-16+. The van der Waals surface area contributed by atoms with Gasteiger partial charge >= 0.3 is 0 Å². The van der Waals surface area contributed by atoms with Crippen molar-refractivity contribution < 1.29 is 14.3 Å². The van der Waals surface area contributed by atoms with E-state index in [9.17, 15) is 4.79 Å². The molecule has 7 heteroatoms. The molecule has 0 unspecified atom stereocenters. The molecule has 0 saturated carbocycles. The van der Waals surface area contributed by atoms with Crippen molar-refractivity contribution in [3.8, 4) is 5.75 Å². The molecule has 1 aliphatic heterocycles. The van der Waals surface area contributed by atoms with E-state index in [-0.39, 0.29) is 5.91 Å². The number of carbonyl (C=O) groups excluding carboxylic acids is 1. The maximum absolute atomic E-state index is 13.5. The Morgan fingerprint density at radius 3 is 2.58 bits per heavy atom. The number of rotatable bonds is 8. The summed E-state index contributed by atoms with van der Waals surface area (Å²) in [6, 6.07) is 17.5. The van der Waals surface area contributed by atoms with Crippen molar-refractivity contribution in [2.24, 2.45) is 0 Å². The Morgan fingerprint density at radius 1 is 1.15 bits per heavy atom. The van der Waals surface area contributed by atoms with Gasteiger partial charge in [0.05, 0.1) is 39.1 Å². The second-order valence-corrected chi connectivity index (χ2v) is 8.92. The van der Waals surface area contributed by atoms with Gasteiger partial charge in [0.15, 0.2) is 0 Å². The number of methoxy groups -OCH3 is 1. The summed E-state index contributed by atoms with van der Waals surface area (Å²) >= 11 is 1.65. The highest BCUT2D eigenvalue weighted by atomic mass is 32.1. The molecule has 33 heavy (non-hydrogen) atoms. The normalized spacial score (nSPS) is 14.8. The second-order valence-electron chi connectivity index (χ2n) is 7.98. The molecule has 0 N–H and O–H groups in total. The molecule has 0 spiro atoms. The summed E-state index contributed by atoms with van der Waals surface area (Å²) in [6.07, 6.45) is 1.93. The topological polar surface area (TPSA) is 54.9 Å². The lowest BCUT2D eigenvalue weighted by Gasteiger charge is -2.25. The fourth-order valence-corrected chi connectivity index (χ4v) is 4.54. The second kappa shape index (κ2) is 11.2. The molecular formula is C26H29N3O3S. The van der Waals surface area contributed by atoms with Gasteiger partial charge in [-0.3, -0.25) is 9.69 Å². The Kier molecular flexibility index (Phi) is 7.88. The van der Waals surface area contributed by atoms with E-state index in [1.165, 1.54) is 0 Å². The minimum atomic E-state index is -0.0419. The molecular weight excluding hydrogens is 434 g/mol. The van der Waals surface area contributed by atoms with Gasteiger partial charge in [-0.2, -0.15) is 0 Å². The summed E-state index contributed by atoms with van der Waals surface area (Å²) in [4.78, 5) is 22.3. The molecule has 1 amide bonds. The molecule has 2 heterocycles. The van der Waals surface area contributed by atoms with Crippen LogP contribution in [0.1, 0.15) is 21.8 Å². The number of nitrogens with zero attached hydrogens (tertiary/aromatic N) is 3. The lowest BCUT2D eigenvalue weighted by atomic mass is 10.0. The van der Waals surface area contributed by atoms with E-state index in [0.717, 1.165) is 60.4 Å². The molecule has 1 saturated heterocycles. The minimum Gasteiger partial charge on any atom is -0.497 e. The Morgan fingerprint density at radius 2 is 1.88 bits per heavy atom. The van der Waals surface area contributed by atoms with Crippen molar-refractivity contribution in [2.45, 2.75) is 13.1 Å². The van der Waals surface area contributed by atoms with Crippen LogP contribution in [0.25, 0.3) is 11.6 Å². The number of morpholine rings is 1. The maximum atomic E-state index is 13.5. The van der Waals surface area contributed by atoms with Crippen molar-refractivity contribution in [1.29, 1.82) is 0 Å². The van der Waals surface area contributed by atoms with E-state index in [1.807, 2.05) is 67.7 Å². The Balaban J connectivity index is 1.49. The van der Waals surface area contributed by atoms with Crippen molar-refractivity contribution in [1.82, 2.24) is 14.8 Å². The van der Waals surface area contributed by atoms with Gasteiger partial charge in [0.1, 0.15) is 10.8 Å². The first kappa shape index (κ1) is 23.2. The van der Waals surface area contributed by atoms with Crippen molar-refractivity contribution >= 4 is 28.9 Å². The Labute approximate surface area is 199 Å². The zero-order valence-electron chi connectivity index (χ0n) is 19.1. The molecule has 0 aliphatic carbocycles. The number of aromatic nitrogens is 1. The van der Waals surface area contributed by atoms with Crippen LogP contribution in [-0.4, -0.2) is 61.2 Å². The van der Waals surface area contributed by atoms with Crippen molar-refractivity contribution in [3.63, 3.8) is 0 Å². The first-order valence-electron chi connectivity index (χ1n) is 11.0. The van der Waals surface area contributed by atoms with Gasteiger partial charge in [-0.25, -0.2) is 4.98 Å². The molecule has 1 aromatic heterocycles. The van der Waals surface area contributed by atoms with E-state index >= 15 is 0 Å². The van der Waals surface area contributed by atoms with Crippen LogP contribution >= 0.6 is 11.3 Å². The summed E-state index contributed by atoms with van der Waals surface area (Å²) in [5.41, 5.74) is 3.39.